The van der Waals surface area contributed by atoms with Crippen LogP contribution in [0.15, 0.2) is 54.6 Å². The average molecular weight is 371 g/mol. The first-order valence-corrected chi connectivity index (χ1v) is 9.17. The van der Waals surface area contributed by atoms with Crippen LogP contribution in [0.4, 0.5) is 0 Å². The van der Waals surface area contributed by atoms with Crippen molar-refractivity contribution in [2.24, 2.45) is 0 Å². The number of hydrogen-bond donors (Lipinski definition) is 1. The summed E-state index contributed by atoms with van der Waals surface area (Å²) >= 11 is 5.86. The molecule has 1 heterocycles. The molecule has 4 nitrogen and oxygen atoms in total. The fraction of sp³-hybridized carbons (Fsp3) is 0.286. The third-order valence-corrected chi connectivity index (χ3v) is 4.62. The smallest absolute Gasteiger partial charge is 0.244 e. The molecule has 0 atom stereocenters. The Morgan fingerprint density at radius 2 is 1.77 bits per heavy atom. The summed E-state index contributed by atoms with van der Waals surface area (Å²) < 4.78 is 5.40. The van der Waals surface area contributed by atoms with Gasteiger partial charge in [-0.05, 0) is 34.9 Å². The van der Waals surface area contributed by atoms with E-state index in [0.717, 1.165) is 44.0 Å². The molecule has 0 radical (unpaired) electrons. The SMILES string of the molecule is O=C(/C=C/c1ccc(Cl)cc1)NCc1ccccc1CN1CCOCC1. The van der Waals surface area contributed by atoms with Crippen LogP contribution in [-0.4, -0.2) is 37.1 Å². The van der Waals surface area contributed by atoms with Gasteiger partial charge in [0.1, 0.15) is 0 Å². The maximum absolute atomic E-state index is 12.1. The minimum Gasteiger partial charge on any atom is -0.379 e. The standard InChI is InChI=1S/C21H23ClN2O2/c22-20-8-5-17(6-9-20)7-10-21(25)23-15-18-3-1-2-4-19(18)16-24-11-13-26-14-12-24/h1-10H,11-16H2,(H,23,25)/b10-7+. The van der Waals surface area contributed by atoms with Crippen molar-refractivity contribution in [1.29, 1.82) is 0 Å². The van der Waals surface area contributed by atoms with Crippen molar-refractivity contribution in [2.75, 3.05) is 26.3 Å². The van der Waals surface area contributed by atoms with Gasteiger partial charge in [-0.1, -0.05) is 48.0 Å². The number of hydrogen-bond acceptors (Lipinski definition) is 3. The summed E-state index contributed by atoms with van der Waals surface area (Å²) in [6.07, 6.45) is 3.33. The molecule has 1 aliphatic heterocycles. The number of morpholine rings is 1. The molecule has 136 valence electrons. The van der Waals surface area contributed by atoms with E-state index in [1.165, 1.54) is 5.56 Å². The Balaban J connectivity index is 1.55. The van der Waals surface area contributed by atoms with Crippen LogP contribution in [0.25, 0.3) is 6.08 Å². The lowest BCUT2D eigenvalue weighted by atomic mass is 10.1. The highest BCUT2D eigenvalue weighted by Crippen LogP contribution is 2.13. The molecule has 0 bridgehead atoms. The monoisotopic (exact) mass is 370 g/mol. The van der Waals surface area contributed by atoms with E-state index in [-0.39, 0.29) is 5.91 Å². The number of carbonyl (C=O) groups is 1. The lowest BCUT2D eigenvalue weighted by Gasteiger charge is -2.27. The van der Waals surface area contributed by atoms with Crippen LogP contribution in [0.5, 0.6) is 0 Å². The summed E-state index contributed by atoms with van der Waals surface area (Å²) in [6.45, 7) is 4.87. The summed E-state index contributed by atoms with van der Waals surface area (Å²) in [4.78, 5) is 14.5. The molecule has 1 N–H and O–H groups in total. The van der Waals surface area contributed by atoms with Gasteiger partial charge in [0.05, 0.1) is 13.2 Å². The maximum atomic E-state index is 12.1. The van der Waals surface area contributed by atoms with E-state index in [2.05, 4.69) is 22.3 Å². The van der Waals surface area contributed by atoms with Crippen LogP contribution in [0.2, 0.25) is 5.02 Å². The summed E-state index contributed by atoms with van der Waals surface area (Å²) in [5, 5.41) is 3.65. The first-order valence-electron chi connectivity index (χ1n) is 8.79. The number of ether oxygens (including phenoxy) is 1. The molecular weight excluding hydrogens is 348 g/mol. The maximum Gasteiger partial charge on any atom is 0.244 e. The minimum absolute atomic E-state index is 0.110. The Labute approximate surface area is 159 Å². The zero-order chi connectivity index (χ0) is 18.2. The summed E-state index contributed by atoms with van der Waals surface area (Å²) in [7, 11) is 0. The summed E-state index contributed by atoms with van der Waals surface area (Å²) in [5.74, 6) is -0.110. The lowest BCUT2D eigenvalue weighted by molar-refractivity contribution is -0.116. The first kappa shape index (κ1) is 18.6. The second kappa shape index (κ2) is 9.53. The van der Waals surface area contributed by atoms with Crippen LogP contribution < -0.4 is 5.32 Å². The number of benzene rings is 2. The van der Waals surface area contributed by atoms with Gasteiger partial charge in [0.15, 0.2) is 0 Å². The van der Waals surface area contributed by atoms with E-state index in [9.17, 15) is 4.79 Å². The number of amides is 1. The molecule has 0 aromatic heterocycles. The Morgan fingerprint density at radius 1 is 1.08 bits per heavy atom. The van der Waals surface area contributed by atoms with Gasteiger partial charge in [-0.3, -0.25) is 9.69 Å². The highest BCUT2D eigenvalue weighted by molar-refractivity contribution is 6.30. The molecule has 1 amide bonds. The van der Waals surface area contributed by atoms with E-state index >= 15 is 0 Å². The van der Waals surface area contributed by atoms with Crippen molar-refractivity contribution in [3.8, 4) is 0 Å². The van der Waals surface area contributed by atoms with Crippen molar-refractivity contribution in [2.45, 2.75) is 13.1 Å². The van der Waals surface area contributed by atoms with Gasteiger partial charge in [0.2, 0.25) is 5.91 Å². The Kier molecular flexibility index (Phi) is 6.83. The van der Waals surface area contributed by atoms with Crippen molar-refractivity contribution < 1.29 is 9.53 Å². The highest BCUT2D eigenvalue weighted by Gasteiger charge is 2.12. The summed E-state index contributed by atoms with van der Waals surface area (Å²) in [5.41, 5.74) is 3.33. The Morgan fingerprint density at radius 3 is 2.50 bits per heavy atom. The zero-order valence-electron chi connectivity index (χ0n) is 14.7. The zero-order valence-corrected chi connectivity index (χ0v) is 15.4. The van der Waals surface area contributed by atoms with Gasteiger partial charge in [-0.2, -0.15) is 0 Å². The van der Waals surface area contributed by atoms with Crippen LogP contribution in [0.1, 0.15) is 16.7 Å². The van der Waals surface area contributed by atoms with Crippen molar-refractivity contribution in [3.63, 3.8) is 0 Å². The molecule has 26 heavy (non-hydrogen) atoms. The normalized spacial score (nSPS) is 15.3. The molecule has 1 saturated heterocycles. The van der Waals surface area contributed by atoms with Crippen LogP contribution >= 0.6 is 11.6 Å². The minimum atomic E-state index is -0.110. The van der Waals surface area contributed by atoms with Gasteiger partial charge < -0.3 is 10.1 Å². The fourth-order valence-electron chi connectivity index (χ4n) is 2.87. The van der Waals surface area contributed by atoms with E-state index in [4.69, 9.17) is 16.3 Å². The molecule has 0 unspecified atom stereocenters. The average Bonchev–Trinajstić information content (AvgIpc) is 2.68. The molecule has 1 fully saturated rings. The molecule has 3 rings (SSSR count). The van der Waals surface area contributed by atoms with Crippen molar-refractivity contribution in [3.05, 3.63) is 76.3 Å². The molecule has 2 aromatic carbocycles. The van der Waals surface area contributed by atoms with E-state index in [1.807, 2.05) is 24.3 Å². The second-order valence-corrected chi connectivity index (χ2v) is 6.70. The Bertz CT molecular complexity index is 753. The van der Waals surface area contributed by atoms with Crippen LogP contribution in [0, 0.1) is 0 Å². The van der Waals surface area contributed by atoms with Crippen LogP contribution in [0.3, 0.4) is 0 Å². The third-order valence-electron chi connectivity index (χ3n) is 4.37. The number of rotatable bonds is 6. The molecular formula is C21H23ClN2O2. The lowest BCUT2D eigenvalue weighted by Crippen LogP contribution is -2.36. The third kappa shape index (κ3) is 5.70. The first-order chi connectivity index (χ1) is 12.7. The van der Waals surface area contributed by atoms with E-state index < -0.39 is 0 Å². The number of nitrogens with one attached hydrogen (secondary N) is 1. The fourth-order valence-corrected chi connectivity index (χ4v) is 3.00. The summed E-state index contributed by atoms with van der Waals surface area (Å²) in [6, 6.07) is 15.6. The van der Waals surface area contributed by atoms with E-state index in [1.54, 1.807) is 24.3 Å². The van der Waals surface area contributed by atoms with Gasteiger partial charge >= 0.3 is 0 Å². The molecule has 1 aliphatic rings. The molecule has 0 spiro atoms. The molecule has 2 aromatic rings. The van der Waals surface area contributed by atoms with Gasteiger partial charge in [0.25, 0.3) is 0 Å². The highest BCUT2D eigenvalue weighted by atomic mass is 35.5. The molecule has 5 heteroatoms. The van der Waals surface area contributed by atoms with Gasteiger partial charge in [-0.15, -0.1) is 0 Å². The second-order valence-electron chi connectivity index (χ2n) is 6.26. The molecule has 0 aliphatic carbocycles. The predicted molar refractivity (Wildman–Crippen MR) is 105 cm³/mol. The van der Waals surface area contributed by atoms with Gasteiger partial charge in [0, 0.05) is 37.3 Å². The largest absolute Gasteiger partial charge is 0.379 e. The van der Waals surface area contributed by atoms with Gasteiger partial charge in [-0.25, -0.2) is 0 Å². The topological polar surface area (TPSA) is 41.6 Å². The van der Waals surface area contributed by atoms with Crippen molar-refractivity contribution in [1.82, 2.24) is 10.2 Å². The molecule has 0 saturated carbocycles. The number of carbonyl (C=O) groups excluding carboxylic acids is 1. The Hall–Kier alpha value is -2.14. The number of nitrogens with zero attached hydrogens (tertiary/aromatic N) is 1. The predicted octanol–water partition coefficient (Wildman–Crippen LogP) is 3.50. The number of halogens is 1. The van der Waals surface area contributed by atoms with Crippen LogP contribution in [-0.2, 0) is 22.6 Å². The van der Waals surface area contributed by atoms with Crippen molar-refractivity contribution >= 4 is 23.6 Å². The quantitative estimate of drug-likeness (QED) is 0.791. The van der Waals surface area contributed by atoms with E-state index in [0.29, 0.717) is 11.6 Å².